The highest BCUT2D eigenvalue weighted by Gasteiger charge is 2.41. The third-order valence-electron chi connectivity index (χ3n) is 6.67. The highest BCUT2D eigenvalue weighted by atomic mass is 32.2. The molecule has 182 valence electrons. The molecule has 4 rings (SSSR count). The van der Waals surface area contributed by atoms with Crippen LogP contribution in [0.1, 0.15) is 45.5 Å². The van der Waals surface area contributed by atoms with Crippen molar-refractivity contribution in [3.8, 4) is 28.1 Å². The lowest BCUT2D eigenvalue weighted by Crippen LogP contribution is -2.43. The second kappa shape index (κ2) is 8.98. The molecule has 0 amide bonds. The maximum absolute atomic E-state index is 12.0. The van der Waals surface area contributed by atoms with E-state index in [-0.39, 0.29) is 11.0 Å². The number of aromatic nitrogens is 1. The van der Waals surface area contributed by atoms with Crippen molar-refractivity contribution in [2.45, 2.75) is 57.8 Å². The standard InChI is InChI=1S/C26H33NO5SSi/c1-26(2,3)34(5,6)32-21-16-14-19(15-17-21)23-22(18-10-8-7-9-11-18)25(30-27-23)24(20-12-13-20)31-33(4,28)29/h7-11,14-17,20,24H,12-13H2,1-6H3. The van der Waals surface area contributed by atoms with Crippen LogP contribution in [0.2, 0.25) is 18.1 Å². The average molecular weight is 500 g/mol. The zero-order chi connectivity index (χ0) is 24.7. The third kappa shape index (κ3) is 5.45. The molecule has 34 heavy (non-hydrogen) atoms. The summed E-state index contributed by atoms with van der Waals surface area (Å²) in [6, 6.07) is 17.6. The lowest BCUT2D eigenvalue weighted by molar-refractivity contribution is 0.152. The van der Waals surface area contributed by atoms with Gasteiger partial charge in [-0.05, 0) is 66.7 Å². The van der Waals surface area contributed by atoms with Crippen molar-refractivity contribution in [2.24, 2.45) is 5.92 Å². The van der Waals surface area contributed by atoms with Gasteiger partial charge in [0, 0.05) is 5.56 Å². The largest absolute Gasteiger partial charge is 0.544 e. The van der Waals surface area contributed by atoms with E-state index in [0.29, 0.717) is 11.5 Å². The summed E-state index contributed by atoms with van der Waals surface area (Å²) in [7, 11) is -5.62. The second-order valence-corrected chi connectivity index (χ2v) is 16.9. The topological polar surface area (TPSA) is 78.6 Å². The van der Waals surface area contributed by atoms with Crippen LogP contribution >= 0.6 is 0 Å². The summed E-state index contributed by atoms with van der Waals surface area (Å²) in [5.41, 5.74) is 3.19. The van der Waals surface area contributed by atoms with Gasteiger partial charge in [-0.1, -0.05) is 56.3 Å². The maximum atomic E-state index is 12.0. The Hall–Kier alpha value is -2.42. The predicted molar refractivity (Wildman–Crippen MR) is 137 cm³/mol. The summed E-state index contributed by atoms with van der Waals surface area (Å²) in [4.78, 5) is 0. The van der Waals surface area contributed by atoms with E-state index in [9.17, 15) is 8.42 Å². The fourth-order valence-electron chi connectivity index (χ4n) is 3.63. The molecule has 1 aromatic heterocycles. The first-order chi connectivity index (χ1) is 15.9. The molecule has 0 saturated heterocycles. The minimum absolute atomic E-state index is 0.0957. The first-order valence-electron chi connectivity index (χ1n) is 11.6. The van der Waals surface area contributed by atoms with Crippen LogP contribution in [-0.2, 0) is 14.3 Å². The van der Waals surface area contributed by atoms with E-state index >= 15 is 0 Å². The molecule has 0 bridgehead atoms. The van der Waals surface area contributed by atoms with Crippen molar-refractivity contribution in [3.63, 3.8) is 0 Å². The Bertz CT molecular complexity index is 1240. The van der Waals surface area contributed by atoms with Gasteiger partial charge in [0.05, 0.1) is 11.8 Å². The van der Waals surface area contributed by atoms with Gasteiger partial charge in [-0.2, -0.15) is 8.42 Å². The molecule has 1 heterocycles. The number of hydrogen-bond acceptors (Lipinski definition) is 6. The van der Waals surface area contributed by atoms with E-state index in [1.165, 1.54) is 0 Å². The normalized spacial score (nSPS) is 15.8. The molecule has 1 fully saturated rings. The van der Waals surface area contributed by atoms with Crippen LogP contribution in [0.15, 0.2) is 59.1 Å². The van der Waals surface area contributed by atoms with Gasteiger partial charge in [0.25, 0.3) is 10.1 Å². The summed E-state index contributed by atoms with van der Waals surface area (Å²) < 4.78 is 41.7. The molecule has 0 aliphatic heterocycles. The van der Waals surface area contributed by atoms with Crippen LogP contribution in [0.4, 0.5) is 0 Å². The molecular weight excluding hydrogens is 466 g/mol. The molecule has 1 aliphatic rings. The van der Waals surface area contributed by atoms with Crippen molar-refractivity contribution >= 4 is 18.4 Å². The summed E-state index contributed by atoms with van der Waals surface area (Å²) in [6.45, 7) is 11.1. The molecule has 0 radical (unpaired) electrons. The van der Waals surface area contributed by atoms with Crippen LogP contribution in [-0.4, -0.2) is 28.1 Å². The molecule has 6 nitrogen and oxygen atoms in total. The van der Waals surface area contributed by atoms with E-state index in [2.05, 4.69) is 39.0 Å². The van der Waals surface area contributed by atoms with Gasteiger partial charge in [0.1, 0.15) is 17.5 Å². The third-order valence-corrected chi connectivity index (χ3v) is 11.6. The fraction of sp³-hybridized carbons (Fsp3) is 0.423. The van der Waals surface area contributed by atoms with Gasteiger partial charge in [0.15, 0.2) is 5.76 Å². The van der Waals surface area contributed by atoms with Gasteiger partial charge in [-0.3, -0.25) is 4.18 Å². The highest BCUT2D eigenvalue weighted by Crippen LogP contribution is 2.49. The van der Waals surface area contributed by atoms with Gasteiger partial charge >= 0.3 is 0 Å². The smallest absolute Gasteiger partial charge is 0.265 e. The Morgan fingerprint density at radius 3 is 2.15 bits per heavy atom. The SMILES string of the molecule is CC(C)(C)[Si](C)(C)Oc1ccc(-c2noc(C(OS(C)(=O)=O)C3CC3)c2-c2ccccc2)cc1. The molecule has 1 unspecified atom stereocenters. The summed E-state index contributed by atoms with van der Waals surface area (Å²) >= 11 is 0. The fourth-order valence-corrected chi connectivity index (χ4v) is 5.28. The van der Waals surface area contributed by atoms with E-state index in [1.54, 1.807) is 0 Å². The number of rotatable bonds is 8. The molecule has 8 heteroatoms. The van der Waals surface area contributed by atoms with Crippen LogP contribution in [0, 0.1) is 5.92 Å². The molecule has 1 saturated carbocycles. The quantitative estimate of drug-likeness (QED) is 0.250. The molecule has 0 N–H and O–H groups in total. The average Bonchev–Trinajstić information content (AvgIpc) is 3.50. The first kappa shape index (κ1) is 24.7. The number of benzene rings is 2. The molecule has 1 aliphatic carbocycles. The Balaban J connectivity index is 1.74. The first-order valence-corrected chi connectivity index (χ1v) is 16.3. The summed E-state index contributed by atoms with van der Waals surface area (Å²) in [5.74, 6) is 1.38. The van der Waals surface area contributed by atoms with Gasteiger partial charge in [0.2, 0.25) is 8.32 Å². The lowest BCUT2D eigenvalue weighted by Gasteiger charge is -2.36. The zero-order valence-electron chi connectivity index (χ0n) is 20.7. The van der Waals surface area contributed by atoms with Crippen LogP contribution < -0.4 is 4.43 Å². The molecule has 0 spiro atoms. The number of nitrogens with zero attached hydrogens (tertiary/aromatic N) is 1. The van der Waals surface area contributed by atoms with Gasteiger partial charge in [-0.15, -0.1) is 0 Å². The highest BCUT2D eigenvalue weighted by molar-refractivity contribution is 7.86. The van der Waals surface area contributed by atoms with Gasteiger partial charge < -0.3 is 8.95 Å². The maximum Gasteiger partial charge on any atom is 0.265 e. The number of hydrogen-bond donors (Lipinski definition) is 0. The van der Waals surface area contributed by atoms with E-state index < -0.39 is 24.5 Å². The van der Waals surface area contributed by atoms with Gasteiger partial charge in [-0.25, -0.2) is 0 Å². The van der Waals surface area contributed by atoms with Crippen molar-refractivity contribution in [1.29, 1.82) is 0 Å². The minimum atomic E-state index is -3.67. The van der Waals surface area contributed by atoms with Crippen LogP contribution in [0.25, 0.3) is 22.4 Å². The molecule has 2 aromatic carbocycles. The van der Waals surface area contributed by atoms with E-state index in [1.807, 2.05) is 54.6 Å². The van der Waals surface area contributed by atoms with Crippen molar-refractivity contribution in [1.82, 2.24) is 5.16 Å². The Labute approximate surface area is 203 Å². The predicted octanol–water partition coefficient (Wildman–Crippen LogP) is 6.82. The Morgan fingerprint density at radius 1 is 1.00 bits per heavy atom. The molecular formula is C26H33NO5SSi. The summed E-state index contributed by atoms with van der Waals surface area (Å²) in [5, 5.41) is 4.49. The van der Waals surface area contributed by atoms with Crippen molar-refractivity contribution < 1.29 is 21.5 Å². The molecule has 3 aromatic rings. The summed E-state index contributed by atoms with van der Waals surface area (Å²) in [6.07, 6.45) is 2.17. The van der Waals surface area contributed by atoms with Crippen LogP contribution in [0.5, 0.6) is 5.75 Å². The second-order valence-electron chi connectivity index (χ2n) is 10.6. The Morgan fingerprint density at radius 2 is 1.62 bits per heavy atom. The van der Waals surface area contributed by atoms with Crippen molar-refractivity contribution in [2.75, 3.05) is 6.26 Å². The van der Waals surface area contributed by atoms with E-state index in [0.717, 1.165) is 41.5 Å². The molecule has 1 atom stereocenters. The monoisotopic (exact) mass is 499 g/mol. The lowest BCUT2D eigenvalue weighted by atomic mass is 9.96. The van der Waals surface area contributed by atoms with E-state index in [4.69, 9.17) is 13.1 Å². The Kier molecular flexibility index (Phi) is 6.52. The van der Waals surface area contributed by atoms with Crippen molar-refractivity contribution in [3.05, 3.63) is 60.4 Å². The van der Waals surface area contributed by atoms with Crippen LogP contribution in [0.3, 0.4) is 0 Å². The zero-order valence-corrected chi connectivity index (χ0v) is 22.5. The minimum Gasteiger partial charge on any atom is -0.544 e.